The van der Waals surface area contributed by atoms with Crippen LogP contribution in [-0.4, -0.2) is 48.7 Å². The first-order valence-corrected chi connectivity index (χ1v) is 9.87. The second kappa shape index (κ2) is 7.92. The molecule has 2 aliphatic heterocycles. The molecule has 6 nitrogen and oxygen atoms in total. The van der Waals surface area contributed by atoms with Crippen molar-refractivity contribution in [2.75, 3.05) is 31.2 Å². The number of amides is 3. The van der Waals surface area contributed by atoms with Crippen LogP contribution >= 0.6 is 0 Å². The molecule has 3 amide bonds. The van der Waals surface area contributed by atoms with Gasteiger partial charge in [-0.05, 0) is 37.0 Å². The maximum absolute atomic E-state index is 12.7. The molecule has 28 heavy (non-hydrogen) atoms. The fourth-order valence-electron chi connectivity index (χ4n) is 4.18. The van der Waals surface area contributed by atoms with Crippen molar-refractivity contribution >= 4 is 17.6 Å². The molecule has 6 heteroatoms. The number of nitrogens with one attached hydrogen (secondary N) is 2. The summed E-state index contributed by atoms with van der Waals surface area (Å²) < 4.78 is 0. The number of benzene rings is 2. The van der Waals surface area contributed by atoms with E-state index in [4.69, 9.17) is 0 Å². The number of nitrogens with zero attached hydrogens (tertiary/aromatic N) is 2. The van der Waals surface area contributed by atoms with Crippen molar-refractivity contribution in [3.05, 3.63) is 66.2 Å². The number of anilines is 1. The molecule has 4 rings (SSSR count). The number of carbonyl (C=O) groups excluding carboxylic acids is 2. The summed E-state index contributed by atoms with van der Waals surface area (Å²) in [6.45, 7) is 2.29. The molecule has 0 aliphatic carbocycles. The third-order valence-corrected chi connectivity index (χ3v) is 5.82. The molecule has 0 aromatic heterocycles. The predicted octanol–water partition coefficient (Wildman–Crippen LogP) is 2.37. The molecular weight excluding hydrogens is 352 g/mol. The van der Waals surface area contributed by atoms with Gasteiger partial charge < -0.3 is 20.4 Å². The summed E-state index contributed by atoms with van der Waals surface area (Å²) in [6.07, 6.45) is 2.09. The van der Waals surface area contributed by atoms with Gasteiger partial charge in [0.25, 0.3) is 0 Å². The Morgan fingerprint density at radius 1 is 1.00 bits per heavy atom. The van der Waals surface area contributed by atoms with Gasteiger partial charge in [0, 0.05) is 25.3 Å². The lowest BCUT2D eigenvalue weighted by Gasteiger charge is -2.43. The third-order valence-electron chi connectivity index (χ3n) is 5.82. The van der Waals surface area contributed by atoms with Crippen LogP contribution in [0.1, 0.15) is 18.4 Å². The average Bonchev–Trinajstić information content (AvgIpc) is 3.05. The number of hydrogen-bond acceptors (Lipinski definition) is 3. The fraction of sp³-hybridized carbons (Fsp3) is 0.364. The molecule has 0 saturated carbocycles. The Hall–Kier alpha value is -3.02. The first-order chi connectivity index (χ1) is 13.7. The van der Waals surface area contributed by atoms with Crippen LogP contribution in [0.25, 0.3) is 0 Å². The largest absolute Gasteiger partial charge is 0.339 e. The van der Waals surface area contributed by atoms with Crippen molar-refractivity contribution in [1.29, 1.82) is 0 Å². The molecule has 2 fully saturated rings. The topological polar surface area (TPSA) is 64.7 Å². The molecule has 2 heterocycles. The summed E-state index contributed by atoms with van der Waals surface area (Å²) in [7, 11) is 0. The SMILES string of the molecule is O=C(NCCc1ccccc1)N1CCC2(CC1)C(=O)NCN2c1ccccc1. The minimum atomic E-state index is -0.553. The Morgan fingerprint density at radius 2 is 1.64 bits per heavy atom. The maximum Gasteiger partial charge on any atom is 0.317 e. The lowest BCUT2D eigenvalue weighted by molar-refractivity contribution is -0.124. The van der Waals surface area contributed by atoms with Gasteiger partial charge in [0.2, 0.25) is 5.91 Å². The van der Waals surface area contributed by atoms with Crippen LogP contribution in [0.15, 0.2) is 60.7 Å². The fourth-order valence-corrected chi connectivity index (χ4v) is 4.18. The first kappa shape index (κ1) is 18.3. The number of rotatable bonds is 4. The molecule has 2 N–H and O–H groups in total. The summed E-state index contributed by atoms with van der Waals surface area (Å²) >= 11 is 0. The smallest absolute Gasteiger partial charge is 0.317 e. The highest BCUT2D eigenvalue weighted by Crippen LogP contribution is 2.36. The van der Waals surface area contributed by atoms with Gasteiger partial charge in [-0.3, -0.25) is 4.79 Å². The maximum atomic E-state index is 12.7. The van der Waals surface area contributed by atoms with Crippen molar-refractivity contribution in [2.24, 2.45) is 0 Å². The first-order valence-electron chi connectivity index (χ1n) is 9.87. The van der Waals surface area contributed by atoms with Crippen molar-refractivity contribution in [1.82, 2.24) is 15.5 Å². The molecule has 146 valence electrons. The van der Waals surface area contributed by atoms with E-state index in [-0.39, 0.29) is 11.9 Å². The highest BCUT2D eigenvalue weighted by Gasteiger charge is 2.50. The van der Waals surface area contributed by atoms with Crippen LogP contribution in [-0.2, 0) is 11.2 Å². The third kappa shape index (κ3) is 3.54. The Labute approximate surface area is 165 Å². The monoisotopic (exact) mass is 378 g/mol. The minimum Gasteiger partial charge on any atom is -0.339 e. The summed E-state index contributed by atoms with van der Waals surface area (Å²) in [5, 5.41) is 6.00. The molecule has 0 atom stereocenters. The number of likely N-dealkylation sites (tertiary alicyclic amines) is 1. The normalized spacial score (nSPS) is 18.2. The molecule has 0 radical (unpaired) electrons. The van der Waals surface area contributed by atoms with Crippen molar-refractivity contribution < 1.29 is 9.59 Å². The van der Waals surface area contributed by atoms with E-state index < -0.39 is 5.54 Å². The van der Waals surface area contributed by atoms with E-state index in [0.717, 1.165) is 12.1 Å². The van der Waals surface area contributed by atoms with E-state index in [1.54, 1.807) is 0 Å². The second-order valence-electron chi connectivity index (χ2n) is 7.41. The summed E-state index contributed by atoms with van der Waals surface area (Å²) in [5.74, 6) is 0.0699. The molecule has 2 saturated heterocycles. The van der Waals surface area contributed by atoms with Crippen LogP contribution in [0.2, 0.25) is 0 Å². The van der Waals surface area contributed by atoms with Crippen LogP contribution in [0, 0.1) is 0 Å². The molecule has 2 aromatic rings. The Kier molecular flexibility index (Phi) is 5.19. The van der Waals surface area contributed by atoms with E-state index >= 15 is 0 Å². The van der Waals surface area contributed by atoms with Gasteiger partial charge in [0.15, 0.2) is 0 Å². The molecule has 0 unspecified atom stereocenters. The van der Waals surface area contributed by atoms with Gasteiger partial charge >= 0.3 is 6.03 Å². The molecule has 0 bridgehead atoms. The number of hydrogen-bond donors (Lipinski definition) is 2. The summed E-state index contributed by atoms with van der Waals surface area (Å²) in [5.41, 5.74) is 1.70. The minimum absolute atomic E-state index is 0.0459. The number of carbonyl (C=O) groups is 2. The van der Waals surface area contributed by atoms with Crippen LogP contribution in [0.4, 0.5) is 10.5 Å². The second-order valence-corrected chi connectivity index (χ2v) is 7.41. The Bertz CT molecular complexity index is 817. The van der Waals surface area contributed by atoms with Crippen LogP contribution in [0.3, 0.4) is 0 Å². The molecule has 2 aliphatic rings. The highest BCUT2D eigenvalue weighted by atomic mass is 16.2. The van der Waals surface area contributed by atoms with Crippen LogP contribution < -0.4 is 15.5 Å². The quantitative estimate of drug-likeness (QED) is 0.859. The number of urea groups is 1. The molecule has 1 spiro atoms. The zero-order chi connectivity index (χ0) is 19.4. The van der Waals surface area contributed by atoms with Gasteiger partial charge in [0.1, 0.15) is 5.54 Å². The van der Waals surface area contributed by atoms with Gasteiger partial charge in [0.05, 0.1) is 6.67 Å². The van der Waals surface area contributed by atoms with Crippen LogP contribution in [0.5, 0.6) is 0 Å². The van der Waals surface area contributed by atoms with Crippen molar-refractivity contribution in [2.45, 2.75) is 24.8 Å². The Morgan fingerprint density at radius 3 is 2.32 bits per heavy atom. The predicted molar refractivity (Wildman–Crippen MR) is 109 cm³/mol. The lowest BCUT2D eigenvalue weighted by atomic mass is 9.85. The van der Waals surface area contributed by atoms with E-state index in [1.807, 2.05) is 53.4 Å². The summed E-state index contributed by atoms with van der Waals surface area (Å²) in [4.78, 5) is 29.2. The zero-order valence-electron chi connectivity index (χ0n) is 15.9. The van der Waals surface area contributed by atoms with Gasteiger partial charge in [-0.2, -0.15) is 0 Å². The Balaban J connectivity index is 1.34. The van der Waals surface area contributed by atoms with E-state index in [2.05, 4.69) is 27.7 Å². The highest BCUT2D eigenvalue weighted by molar-refractivity contribution is 5.93. The molecule has 2 aromatic carbocycles. The number of piperidine rings is 1. The van der Waals surface area contributed by atoms with Crippen molar-refractivity contribution in [3.63, 3.8) is 0 Å². The zero-order valence-corrected chi connectivity index (χ0v) is 15.9. The van der Waals surface area contributed by atoms with Gasteiger partial charge in [-0.15, -0.1) is 0 Å². The molecular formula is C22H26N4O2. The van der Waals surface area contributed by atoms with Gasteiger partial charge in [-0.25, -0.2) is 4.79 Å². The van der Waals surface area contributed by atoms with Gasteiger partial charge in [-0.1, -0.05) is 48.5 Å². The average molecular weight is 378 g/mol. The van der Waals surface area contributed by atoms with E-state index in [1.165, 1.54) is 5.56 Å². The summed E-state index contributed by atoms with van der Waals surface area (Å²) in [6, 6.07) is 20.1. The lowest BCUT2D eigenvalue weighted by Crippen LogP contribution is -2.58. The van der Waals surface area contributed by atoms with E-state index in [0.29, 0.717) is 39.1 Å². The van der Waals surface area contributed by atoms with Crippen molar-refractivity contribution in [3.8, 4) is 0 Å². The number of para-hydroxylation sites is 1. The van der Waals surface area contributed by atoms with E-state index in [9.17, 15) is 9.59 Å². The standard InChI is InChI=1S/C22H26N4O2/c27-20-22(26(17-24-20)19-9-5-2-6-10-19)12-15-25(16-13-22)21(28)23-14-11-18-7-3-1-4-8-18/h1-10H,11-17H2,(H,23,28)(H,24,27).